The zero-order chi connectivity index (χ0) is 45.0. The Balaban J connectivity index is 1.00. The monoisotopic (exact) mass is 869 g/mol. The van der Waals surface area contributed by atoms with E-state index in [1.807, 2.05) is 18.2 Å². The first-order valence-electron chi connectivity index (χ1n) is 23.3. The summed E-state index contributed by atoms with van der Waals surface area (Å²) in [6, 6.07) is 79.9. The van der Waals surface area contributed by atoms with Gasteiger partial charge in [-0.3, -0.25) is 4.57 Å². The molecule has 0 saturated carbocycles. The van der Waals surface area contributed by atoms with Gasteiger partial charge in [-0.2, -0.15) is 9.97 Å². The van der Waals surface area contributed by atoms with E-state index in [1.54, 1.807) is 0 Å². The number of fused-ring (bicyclic) bond motifs is 7. The Bertz CT molecular complexity index is 3950. The van der Waals surface area contributed by atoms with E-state index >= 15 is 0 Å². The molecule has 9 aromatic carbocycles. The molecule has 0 amide bonds. The number of allylic oxidation sites excluding steroid dienone is 4. The smallest absolute Gasteiger partial charge is 0.238 e. The highest BCUT2D eigenvalue weighted by Crippen LogP contribution is 2.42. The van der Waals surface area contributed by atoms with E-state index in [0.717, 1.165) is 84.6 Å². The van der Waals surface area contributed by atoms with E-state index in [9.17, 15) is 0 Å². The van der Waals surface area contributed by atoms with Gasteiger partial charge in [0.1, 0.15) is 0 Å². The van der Waals surface area contributed by atoms with Gasteiger partial charge < -0.3 is 4.57 Å². The maximum Gasteiger partial charge on any atom is 0.238 e. The third-order valence-electron chi connectivity index (χ3n) is 13.5. The summed E-state index contributed by atoms with van der Waals surface area (Å²) >= 11 is 0. The molecule has 5 heteroatoms. The second-order valence-corrected chi connectivity index (χ2v) is 17.5. The van der Waals surface area contributed by atoms with Gasteiger partial charge in [-0.15, -0.1) is 0 Å². The fourth-order valence-electron chi connectivity index (χ4n) is 10.2. The molecule has 3 aromatic heterocycles. The first-order chi connectivity index (χ1) is 33.7. The quantitative estimate of drug-likeness (QED) is 0.153. The molecule has 3 heterocycles. The van der Waals surface area contributed by atoms with Gasteiger partial charge in [0.2, 0.25) is 5.95 Å². The molecule has 0 bridgehead atoms. The molecule has 320 valence electrons. The van der Waals surface area contributed by atoms with Crippen molar-refractivity contribution in [3.05, 3.63) is 248 Å². The highest BCUT2D eigenvalue weighted by atomic mass is 15.2. The van der Waals surface area contributed by atoms with E-state index in [0.29, 0.717) is 17.6 Å². The molecule has 0 atom stereocenters. The summed E-state index contributed by atoms with van der Waals surface area (Å²) in [6.45, 7) is 0. The summed E-state index contributed by atoms with van der Waals surface area (Å²) in [4.78, 5) is 16.1. The van der Waals surface area contributed by atoms with E-state index in [4.69, 9.17) is 15.0 Å². The molecule has 0 unspecified atom stereocenters. The zero-order valence-corrected chi connectivity index (χ0v) is 37.2. The second kappa shape index (κ2) is 16.5. The number of rotatable bonds is 8. The summed E-state index contributed by atoms with van der Waals surface area (Å²) in [6.07, 6.45) is 6.59. The summed E-state index contributed by atoms with van der Waals surface area (Å²) < 4.78 is 4.69. The van der Waals surface area contributed by atoms with Gasteiger partial charge in [0.05, 0.1) is 22.1 Å². The Morgan fingerprint density at radius 1 is 0.294 bits per heavy atom. The van der Waals surface area contributed by atoms with Crippen LogP contribution in [0.3, 0.4) is 0 Å². The Hall–Kier alpha value is -8.93. The molecule has 0 radical (unpaired) electrons. The minimum atomic E-state index is 0.557. The zero-order valence-electron chi connectivity index (χ0n) is 37.2. The average Bonchev–Trinajstić information content (AvgIpc) is 3.95. The standard InChI is InChI=1S/C63H43N5/c1-4-17-42(18-5-1)44-33-35-45(36-34-44)47-23-14-24-48(39-47)49-25-15-27-51(40-49)62-64-61(46-21-8-3-9-22-46)65-63(66-62)68-58-32-13-11-30-54(58)56-38-37-55-53-29-10-12-31-57(53)67(59(55)60(56)68)52-28-16-26-50(41-52)43-19-6-2-7-20-43/h1-33,35,37-41H,34,36H2. The van der Waals surface area contributed by atoms with Crippen LogP contribution in [-0.4, -0.2) is 24.1 Å². The third-order valence-corrected chi connectivity index (χ3v) is 13.5. The van der Waals surface area contributed by atoms with Crippen LogP contribution >= 0.6 is 0 Å². The lowest BCUT2D eigenvalue weighted by molar-refractivity contribution is 0.953. The predicted molar refractivity (Wildman–Crippen MR) is 282 cm³/mol. The summed E-state index contributed by atoms with van der Waals surface area (Å²) in [5.41, 5.74) is 17.1. The molecule has 5 nitrogen and oxygen atoms in total. The van der Waals surface area contributed by atoms with Crippen LogP contribution in [0.15, 0.2) is 237 Å². The molecule has 0 spiro atoms. The maximum atomic E-state index is 5.46. The molecule has 12 aromatic rings. The number of para-hydroxylation sites is 2. The first-order valence-corrected chi connectivity index (χ1v) is 23.3. The van der Waals surface area contributed by atoms with Crippen LogP contribution in [0.2, 0.25) is 0 Å². The molecular formula is C63H43N5. The molecule has 0 saturated heterocycles. The second-order valence-electron chi connectivity index (χ2n) is 17.5. The van der Waals surface area contributed by atoms with Gasteiger partial charge in [-0.1, -0.05) is 200 Å². The summed E-state index contributed by atoms with van der Waals surface area (Å²) in [7, 11) is 0. The number of hydrogen-bond acceptors (Lipinski definition) is 3. The van der Waals surface area contributed by atoms with E-state index in [2.05, 4.69) is 228 Å². The number of aromatic nitrogens is 5. The average molecular weight is 870 g/mol. The molecule has 0 N–H and O–H groups in total. The lowest BCUT2D eigenvalue weighted by Crippen LogP contribution is -2.07. The van der Waals surface area contributed by atoms with Crippen molar-refractivity contribution in [2.75, 3.05) is 0 Å². The normalized spacial score (nSPS) is 12.8. The van der Waals surface area contributed by atoms with Gasteiger partial charge >= 0.3 is 0 Å². The highest BCUT2D eigenvalue weighted by molar-refractivity contribution is 6.23. The minimum Gasteiger partial charge on any atom is -0.307 e. The van der Waals surface area contributed by atoms with Crippen LogP contribution in [-0.2, 0) is 0 Å². The lowest BCUT2D eigenvalue weighted by Gasteiger charge is -2.16. The third kappa shape index (κ3) is 6.83. The van der Waals surface area contributed by atoms with Crippen molar-refractivity contribution in [1.29, 1.82) is 0 Å². The van der Waals surface area contributed by atoms with Crippen molar-refractivity contribution in [3.63, 3.8) is 0 Å². The largest absolute Gasteiger partial charge is 0.307 e. The Morgan fingerprint density at radius 3 is 1.37 bits per heavy atom. The van der Waals surface area contributed by atoms with Crippen molar-refractivity contribution in [2.24, 2.45) is 0 Å². The van der Waals surface area contributed by atoms with Crippen LogP contribution in [0.5, 0.6) is 0 Å². The van der Waals surface area contributed by atoms with Crippen molar-refractivity contribution < 1.29 is 0 Å². The fourth-order valence-corrected chi connectivity index (χ4v) is 10.2. The van der Waals surface area contributed by atoms with Gasteiger partial charge in [0.25, 0.3) is 0 Å². The van der Waals surface area contributed by atoms with Crippen molar-refractivity contribution in [1.82, 2.24) is 24.1 Å². The highest BCUT2D eigenvalue weighted by Gasteiger charge is 2.24. The summed E-state index contributed by atoms with van der Waals surface area (Å²) in [5.74, 6) is 1.77. The van der Waals surface area contributed by atoms with Crippen LogP contribution in [0.25, 0.3) is 111 Å². The molecule has 13 rings (SSSR count). The van der Waals surface area contributed by atoms with Gasteiger partial charge in [-0.05, 0) is 93.8 Å². The van der Waals surface area contributed by atoms with Gasteiger partial charge in [0, 0.05) is 38.4 Å². The maximum absolute atomic E-state index is 5.46. The minimum absolute atomic E-state index is 0.557. The van der Waals surface area contributed by atoms with Crippen LogP contribution < -0.4 is 0 Å². The van der Waals surface area contributed by atoms with Crippen LogP contribution in [0, 0.1) is 0 Å². The van der Waals surface area contributed by atoms with Crippen molar-refractivity contribution in [2.45, 2.75) is 12.8 Å². The Morgan fingerprint density at radius 2 is 0.735 bits per heavy atom. The number of hydrogen-bond donors (Lipinski definition) is 0. The number of nitrogens with zero attached hydrogens (tertiary/aromatic N) is 5. The SMILES string of the molecule is C1=C(c2ccccc2)CCC(c2cccc(-c3cccc(-c4nc(-c5ccccc5)nc(-n5c6ccccc6c6ccc7c8ccccc8n(-c8cccc(-c9ccccc9)c8)c7c65)n4)c3)c2)=C1. The lowest BCUT2D eigenvalue weighted by atomic mass is 9.89. The van der Waals surface area contributed by atoms with E-state index < -0.39 is 0 Å². The molecule has 0 aliphatic heterocycles. The van der Waals surface area contributed by atoms with Gasteiger partial charge in [0.15, 0.2) is 11.6 Å². The number of benzene rings is 9. The molecule has 1 aliphatic rings. The summed E-state index contributed by atoms with van der Waals surface area (Å²) in [5, 5.41) is 4.60. The Kier molecular flexibility index (Phi) is 9.57. The first kappa shape index (κ1) is 39.4. The predicted octanol–water partition coefficient (Wildman–Crippen LogP) is 16.0. The van der Waals surface area contributed by atoms with Gasteiger partial charge in [-0.25, -0.2) is 4.98 Å². The van der Waals surface area contributed by atoms with Crippen LogP contribution in [0.1, 0.15) is 24.0 Å². The molecule has 0 fully saturated rings. The fraction of sp³-hybridized carbons (Fsp3) is 0.0317. The Labute approximate surface area is 394 Å². The van der Waals surface area contributed by atoms with Crippen molar-refractivity contribution >= 4 is 54.8 Å². The van der Waals surface area contributed by atoms with Crippen LogP contribution in [0.4, 0.5) is 0 Å². The molecule has 1 aliphatic carbocycles. The molecule has 68 heavy (non-hydrogen) atoms. The van der Waals surface area contributed by atoms with E-state index in [1.165, 1.54) is 33.2 Å². The van der Waals surface area contributed by atoms with Crippen molar-refractivity contribution in [3.8, 4) is 56.7 Å². The molecular weight excluding hydrogens is 827 g/mol. The topological polar surface area (TPSA) is 48.5 Å². The van der Waals surface area contributed by atoms with E-state index in [-0.39, 0.29) is 0 Å².